The summed E-state index contributed by atoms with van der Waals surface area (Å²) in [4.78, 5) is 0.0719. The summed E-state index contributed by atoms with van der Waals surface area (Å²) >= 11 is 0. The van der Waals surface area contributed by atoms with Crippen molar-refractivity contribution >= 4 is 29.6 Å². The molecule has 1 aromatic rings. The quantitative estimate of drug-likeness (QED) is 0.579. The molecule has 5 nitrogen and oxygen atoms in total. The summed E-state index contributed by atoms with van der Waals surface area (Å²) < 4.78 is 50.7. The van der Waals surface area contributed by atoms with Crippen LogP contribution in [-0.2, 0) is 18.9 Å². The average molecular weight is 355 g/mol. The van der Waals surface area contributed by atoms with Crippen LogP contribution in [0.25, 0.3) is 0 Å². The molecule has 21 heavy (non-hydrogen) atoms. The zero-order chi connectivity index (χ0) is 16.4. The molecule has 0 radical (unpaired) electrons. The molecule has 0 saturated heterocycles. The summed E-state index contributed by atoms with van der Waals surface area (Å²) in [6.45, 7) is 5.39. The van der Waals surface area contributed by atoms with Gasteiger partial charge in [0.2, 0.25) is 0 Å². The number of hydrogen-bond donors (Lipinski definition) is 0. The minimum absolute atomic E-state index is 0.0538. The highest BCUT2D eigenvalue weighted by atomic mass is 35.7. The maximum Gasteiger partial charge on any atom is 0.261 e. The van der Waals surface area contributed by atoms with Crippen molar-refractivity contribution in [3.63, 3.8) is 0 Å². The first-order valence-corrected chi connectivity index (χ1v) is 10.7. The standard InChI is InChI=1S/C13H19ClO5S2/c1-9-8-12(21(14,17)18)10(2)11(3)13(9)19-6-5-7-20(4,15)16/h8H,5-7H2,1-4H3. The molecular weight excluding hydrogens is 336 g/mol. The van der Waals surface area contributed by atoms with Crippen molar-refractivity contribution in [1.82, 2.24) is 0 Å². The van der Waals surface area contributed by atoms with Crippen molar-refractivity contribution in [1.29, 1.82) is 0 Å². The van der Waals surface area contributed by atoms with E-state index in [1.807, 2.05) is 0 Å². The number of sulfone groups is 1. The molecule has 120 valence electrons. The Morgan fingerprint density at radius 3 is 2.14 bits per heavy atom. The van der Waals surface area contributed by atoms with E-state index in [1.54, 1.807) is 20.8 Å². The van der Waals surface area contributed by atoms with Crippen molar-refractivity contribution < 1.29 is 21.6 Å². The fraction of sp³-hybridized carbons (Fsp3) is 0.538. The number of benzene rings is 1. The van der Waals surface area contributed by atoms with Crippen LogP contribution in [0.3, 0.4) is 0 Å². The highest BCUT2D eigenvalue weighted by molar-refractivity contribution is 8.13. The highest BCUT2D eigenvalue weighted by Gasteiger charge is 2.19. The van der Waals surface area contributed by atoms with Crippen molar-refractivity contribution in [3.05, 3.63) is 22.8 Å². The Morgan fingerprint density at radius 2 is 1.67 bits per heavy atom. The molecule has 1 aromatic carbocycles. The normalized spacial score (nSPS) is 12.4. The lowest BCUT2D eigenvalue weighted by Crippen LogP contribution is -2.10. The molecule has 0 unspecified atom stereocenters. The molecule has 0 heterocycles. The third-order valence-electron chi connectivity index (χ3n) is 3.15. The predicted octanol–water partition coefficient (Wildman–Crippen LogP) is 2.35. The summed E-state index contributed by atoms with van der Waals surface area (Å²) in [7, 11) is -1.41. The Bertz CT molecular complexity index is 736. The third kappa shape index (κ3) is 5.16. The van der Waals surface area contributed by atoms with Gasteiger partial charge >= 0.3 is 0 Å². The summed E-state index contributed by atoms with van der Waals surface area (Å²) in [6.07, 6.45) is 1.56. The fourth-order valence-corrected chi connectivity index (χ4v) is 3.95. The van der Waals surface area contributed by atoms with Crippen LogP contribution >= 0.6 is 10.7 Å². The monoisotopic (exact) mass is 354 g/mol. The van der Waals surface area contributed by atoms with E-state index < -0.39 is 18.9 Å². The highest BCUT2D eigenvalue weighted by Crippen LogP contribution is 2.32. The first kappa shape index (κ1) is 18.3. The van der Waals surface area contributed by atoms with Gasteiger partial charge in [0.05, 0.1) is 17.3 Å². The second-order valence-corrected chi connectivity index (χ2v) is 9.83. The van der Waals surface area contributed by atoms with Crippen LogP contribution in [-0.4, -0.2) is 35.5 Å². The van der Waals surface area contributed by atoms with E-state index >= 15 is 0 Å². The number of ether oxygens (including phenoxy) is 1. The van der Waals surface area contributed by atoms with E-state index in [9.17, 15) is 16.8 Å². The maximum atomic E-state index is 11.5. The van der Waals surface area contributed by atoms with Gasteiger partial charge in [0.15, 0.2) is 0 Å². The second kappa shape index (κ2) is 6.54. The topological polar surface area (TPSA) is 77.5 Å². The van der Waals surface area contributed by atoms with Gasteiger partial charge in [-0.1, -0.05) is 0 Å². The minimum atomic E-state index is -3.80. The fourth-order valence-electron chi connectivity index (χ4n) is 1.99. The van der Waals surface area contributed by atoms with Crippen molar-refractivity contribution in [2.45, 2.75) is 32.1 Å². The lowest BCUT2D eigenvalue weighted by atomic mass is 10.1. The van der Waals surface area contributed by atoms with Crippen molar-refractivity contribution in [2.75, 3.05) is 18.6 Å². The first-order valence-electron chi connectivity index (χ1n) is 6.29. The summed E-state index contributed by atoms with van der Waals surface area (Å²) in [6, 6.07) is 1.47. The first-order chi connectivity index (χ1) is 9.43. The molecule has 0 fully saturated rings. The molecule has 0 aliphatic heterocycles. The van der Waals surface area contributed by atoms with E-state index in [4.69, 9.17) is 15.4 Å². The molecule has 0 N–H and O–H groups in total. The van der Waals surface area contributed by atoms with E-state index in [0.29, 0.717) is 28.9 Å². The lowest BCUT2D eigenvalue weighted by Gasteiger charge is -2.16. The lowest BCUT2D eigenvalue weighted by molar-refractivity contribution is 0.313. The molecule has 0 amide bonds. The average Bonchev–Trinajstić information content (AvgIpc) is 2.30. The maximum absolute atomic E-state index is 11.5. The van der Waals surface area contributed by atoms with Crippen molar-refractivity contribution in [3.8, 4) is 5.75 Å². The van der Waals surface area contributed by atoms with E-state index in [0.717, 1.165) is 0 Å². The van der Waals surface area contributed by atoms with Crippen LogP contribution in [0.1, 0.15) is 23.1 Å². The van der Waals surface area contributed by atoms with Gasteiger partial charge < -0.3 is 4.74 Å². The third-order valence-corrected chi connectivity index (χ3v) is 5.63. The number of hydrogen-bond acceptors (Lipinski definition) is 5. The second-order valence-electron chi connectivity index (χ2n) is 5.04. The molecule has 0 bridgehead atoms. The number of aryl methyl sites for hydroxylation is 1. The summed E-state index contributed by atoms with van der Waals surface area (Å²) in [5.41, 5.74) is 1.87. The van der Waals surface area contributed by atoms with Crippen LogP contribution in [0, 0.1) is 20.8 Å². The Balaban J connectivity index is 2.98. The van der Waals surface area contributed by atoms with Gasteiger partial charge in [-0.3, -0.25) is 0 Å². The molecule has 1 rings (SSSR count). The molecular formula is C13H19ClO5S2. The van der Waals surface area contributed by atoms with Crippen LogP contribution in [0.2, 0.25) is 0 Å². The molecule has 0 saturated carbocycles. The van der Waals surface area contributed by atoms with Gasteiger partial charge in [-0.15, -0.1) is 0 Å². The van der Waals surface area contributed by atoms with Crippen LogP contribution in [0.4, 0.5) is 0 Å². The van der Waals surface area contributed by atoms with Gasteiger partial charge in [-0.25, -0.2) is 16.8 Å². The van der Waals surface area contributed by atoms with Crippen LogP contribution in [0.5, 0.6) is 5.75 Å². The summed E-state index contributed by atoms with van der Waals surface area (Å²) in [5, 5.41) is 0. The predicted molar refractivity (Wildman–Crippen MR) is 83.5 cm³/mol. The molecule has 0 aliphatic carbocycles. The molecule has 0 atom stereocenters. The Kier molecular flexibility index (Phi) is 5.69. The number of rotatable bonds is 6. The van der Waals surface area contributed by atoms with Gasteiger partial charge in [-0.05, 0) is 49.9 Å². The largest absolute Gasteiger partial charge is 0.493 e. The van der Waals surface area contributed by atoms with Gasteiger partial charge in [0, 0.05) is 16.9 Å². The molecule has 8 heteroatoms. The zero-order valence-corrected chi connectivity index (χ0v) is 14.8. The molecule has 0 spiro atoms. The zero-order valence-electron chi connectivity index (χ0n) is 12.4. The smallest absolute Gasteiger partial charge is 0.261 e. The SMILES string of the molecule is Cc1cc(S(=O)(=O)Cl)c(C)c(C)c1OCCCS(C)(=O)=O. The van der Waals surface area contributed by atoms with Gasteiger partial charge in [0.25, 0.3) is 9.05 Å². The van der Waals surface area contributed by atoms with E-state index in [2.05, 4.69) is 0 Å². The Morgan fingerprint density at radius 1 is 1.10 bits per heavy atom. The van der Waals surface area contributed by atoms with Gasteiger partial charge in [-0.2, -0.15) is 0 Å². The Labute approximate surface area is 130 Å². The van der Waals surface area contributed by atoms with Crippen molar-refractivity contribution in [2.24, 2.45) is 0 Å². The van der Waals surface area contributed by atoms with Gasteiger partial charge in [0.1, 0.15) is 15.6 Å². The van der Waals surface area contributed by atoms with Crippen LogP contribution < -0.4 is 4.74 Å². The van der Waals surface area contributed by atoms with E-state index in [-0.39, 0.29) is 17.3 Å². The Hall–Kier alpha value is -0.790. The minimum Gasteiger partial charge on any atom is -0.493 e. The van der Waals surface area contributed by atoms with E-state index in [1.165, 1.54) is 12.3 Å². The summed E-state index contributed by atoms with van der Waals surface area (Å²) in [5.74, 6) is 0.628. The molecule has 0 aliphatic rings. The van der Waals surface area contributed by atoms with Crippen LogP contribution in [0.15, 0.2) is 11.0 Å². The molecule has 0 aromatic heterocycles. The number of halogens is 1.